The lowest BCUT2D eigenvalue weighted by Gasteiger charge is -2.37. The van der Waals surface area contributed by atoms with Crippen LogP contribution in [0.15, 0.2) is 0 Å². The predicted octanol–water partition coefficient (Wildman–Crippen LogP) is 0.526. The summed E-state index contributed by atoms with van der Waals surface area (Å²) in [5.41, 5.74) is 0. The molecule has 1 atom stereocenters. The molecule has 2 fully saturated rings. The van der Waals surface area contributed by atoms with E-state index in [9.17, 15) is 9.59 Å². The van der Waals surface area contributed by atoms with Gasteiger partial charge in [-0.15, -0.1) is 0 Å². The van der Waals surface area contributed by atoms with Gasteiger partial charge in [-0.05, 0) is 19.8 Å². The van der Waals surface area contributed by atoms with Crippen LogP contribution >= 0.6 is 0 Å². The lowest BCUT2D eigenvalue weighted by molar-refractivity contribution is -0.137. The van der Waals surface area contributed by atoms with Gasteiger partial charge in [0.1, 0.15) is 0 Å². The van der Waals surface area contributed by atoms with Gasteiger partial charge in [-0.2, -0.15) is 0 Å². The highest BCUT2D eigenvalue weighted by Crippen LogP contribution is 2.18. The molecule has 1 saturated carbocycles. The molecule has 0 bridgehead atoms. The number of piperazine rings is 1. The highest BCUT2D eigenvalue weighted by molar-refractivity contribution is 5.81. The zero-order chi connectivity index (χ0) is 15.2. The first-order valence-electron chi connectivity index (χ1n) is 8.05. The van der Waals surface area contributed by atoms with Crippen molar-refractivity contribution in [2.45, 2.75) is 51.1 Å². The van der Waals surface area contributed by atoms with E-state index in [0.717, 1.165) is 39.0 Å². The van der Waals surface area contributed by atoms with Gasteiger partial charge in [-0.1, -0.05) is 12.8 Å². The van der Waals surface area contributed by atoms with Crippen molar-refractivity contribution in [1.29, 1.82) is 0 Å². The SMILES string of the molecule is CC(C(=O)NC1CCCC1)N1CCN(CCC(=O)O)CC1. The molecule has 0 radical (unpaired) electrons. The molecule has 21 heavy (non-hydrogen) atoms. The molecule has 6 nitrogen and oxygen atoms in total. The van der Waals surface area contributed by atoms with Gasteiger partial charge in [-0.3, -0.25) is 14.5 Å². The summed E-state index contributed by atoms with van der Waals surface area (Å²) in [6, 6.07) is 0.282. The van der Waals surface area contributed by atoms with E-state index in [1.54, 1.807) is 0 Å². The molecule has 1 saturated heterocycles. The highest BCUT2D eigenvalue weighted by Gasteiger charge is 2.27. The van der Waals surface area contributed by atoms with Gasteiger partial charge in [0.15, 0.2) is 0 Å². The lowest BCUT2D eigenvalue weighted by atomic mass is 10.2. The summed E-state index contributed by atoms with van der Waals surface area (Å²) in [6.07, 6.45) is 4.86. The van der Waals surface area contributed by atoms with E-state index in [4.69, 9.17) is 5.11 Å². The van der Waals surface area contributed by atoms with Crippen LogP contribution in [0, 0.1) is 0 Å². The fraction of sp³-hybridized carbons (Fsp3) is 0.867. The molecule has 1 aliphatic carbocycles. The number of hydrogen-bond acceptors (Lipinski definition) is 4. The Bertz CT molecular complexity index is 361. The minimum atomic E-state index is -0.748. The first-order valence-corrected chi connectivity index (χ1v) is 8.05. The zero-order valence-corrected chi connectivity index (χ0v) is 12.9. The topological polar surface area (TPSA) is 72.9 Å². The van der Waals surface area contributed by atoms with Crippen LogP contribution in [0.3, 0.4) is 0 Å². The number of amides is 1. The Morgan fingerprint density at radius 1 is 1.19 bits per heavy atom. The Kier molecular flexibility index (Phi) is 5.99. The second kappa shape index (κ2) is 7.75. The maximum absolute atomic E-state index is 12.3. The third-order valence-corrected chi connectivity index (χ3v) is 4.68. The van der Waals surface area contributed by atoms with Crippen LogP contribution in [0.4, 0.5) is 0 Å². The number of aliphatic carboxylic acids is 1. The molecule has 6 heteroatoms. The van der Waals surface area contributed by atoms with Crippen molar-refractivity contribution in [3.8, 4) is 0 Å². The van der Waals surface area contributed by atoms with Gasteiger partial charge in [0.25, 0.3) is 0 Å². The van der Waals surface area contributed by atoms with Crippen LogP contribution in [-0.2, 0) is 9.59 Å². The summed E-state index contributed by atoms with van der Waals surface area (Å²) < 4.78 is 0. The molecule has 0 aromatic heterocycles. The summed E-state index contributed by atoms with van der Waals surface area (Å²) in [7, 11) is 0. The largest absolute Gasteiger partial charge is 0.481 e. The molecule has 0 aromatic rings. The number of nitrogens with one attached hydrogen (secondary N) is 1. The van der Waals surface area contributed by atoms with Crippen molar-refractivity contribution >= 4 is 11.9 Å². The normalized spacial score (nSPS) is 23.1. The number of hydrogen-bond donors (Lipinski definition) is 2. The van der Waals surface area contributed by atoms with Gasteiger partial charge < -0.3 is 15.3 Å². The molecule has 120 valence electrons. The zero-order valence-electron chi connectivity index (χ0n) is 12.9. The summed E-state index contributed by atoms with van der Waals surface area (Å²) in [5.74, 6) is -0.609. The Labute approximate surface area is 126 Å². The second-order valence-corrected chi connectivity index (χ2v) is 6.19. The van der Waals surface area contributed by atoms with Gasteiger partial charge in [0.05, 0.1) is 12.5 Å². The summed E-state index contributed by atoms with van der Waals surface area (Å²) in [5, 5.41) is 11.9. The Morgan fingerprint density at radius 3 is 2.38 bits per heavy atom. The minimum Gasteiger partial charge on any atom is -0.481 e. The standard InChI is InChI=1S/C15H27N3O3/c1-12(15(21)16-13-4-2-3-5-13)18-10-8-17(9-11-18)7-6-14(19)20/h12-13H,2-11H2,1H3,(H,16,21)(H,19,20). The van der Waals surface area contributed by atoms with E-state index in [0.29, 0.717) is 12.6 Å². The molecule has 1 heterocycles. The third kappa shape index (κ3) is 4.97. The number of rotatable bonds is 6. The van der Waals surface area contributed by atoms with Gasteiger partial charge in [-0.25, -0.2) is 0 Å². The van der Waals surface area contributed by atoms with Crippen LogP contribution in [0.2, 0.25) is 0 Å². The van der Waals surface area contributed by atoms with E-state index in [2.05, 4.69) is 15.1 Å². The Balaban J connectivity index is 1.70. The highest BCUT2D eigenvalue weighted by atomic mass is 16.4. The van der Waals surface area contributed by atoms with Crippen LogP contribution < -0.4 is 5.32 Å². The van der Waals surface area contributed by atoms with E-state index in [1.165, 1.54) is 12.8 Å². The van der Waals surface area contributed by atoms with Crippen LogP contribution in [0.5, 0.6) is 0 Å². The predicted molar refractivity (Wildman–Crippen MR) is 80.1 cm³/mol. The summed E-state index contributed by atoms with van der Waals surface area (Å²) in [4.78, 5) is 27.2. The molecule has 0 spiro atoms. The van der Waals surface area contributed by atoms with E-state index in [-0.39, 0.29) is 18.4 Å². The molecule has 2 aliphatic rings. The average molecular weight is 297 g/mol. The molecule has 0 aromatic carbocycles. The lowest BCUT2D eigenvalue weighted by Crippen LogP contribution is -2.54. The maximum atomic E-state index is 12.3. The van der Waals surface area contributed by atoms with E-state index < -0.39 is 5.97 Å². The monoisotopic (exact) mass is 297 g/mol. The summed E-state index contributed by atoms with van der Waals surface area (Å²) in [6.45, 7) is 5.92. The Morgan fingerprint density at radius 2 is 1.81 bits per heavy atom. The number of carboxylic acid groups (broad SMARTS) is 1. The van der Waals surface area contributed by atoms with Crippen molar-refractivity contribution in [2.24, 2.45) is 0 Å². The van der Waals surface area contributed by atoms with Gasteiger partial charge in [0, 0.05) is 38.8 Å². The van der Waals surface area contributed by atoms with Crippen molar-refractivity contribution < 1.29 is 14.7 Å². The van der Waals surface area contributed by atoms with Crippen molar-refractivity contribution in [1.82, 2.24) is 15.1 Å². The average Bonchev–Trinajstić information content (AvgIpc) is 2.97. The van der Waals surface area contributed by atoms with Crippen molar-refractivity contribution in [3.63, 3.8) is 0 Å². The first-order chi connectivity index (χ1) is 10.1. The molecular weight excluding hydrogens is 270 g/mol. The summed E-state index contributed by atoms with van der Waals surface area (Å²) >= 11 is 0. The quantitative estimate of drug-likeness (QED) is 0.748. The maximum Gasteiger partial charge on any atom is 0.304 e. The fourth-order valence-corrected chi connectivity index (χ4v) is 3.19. The number of carbonyl (C=O) groups is 2. The number of nitrogens with zero attached hydrogens (tertiary/aromatic N) is 2. The third-order valence-electron chi connectivity index (χ3n) is 4.68. The van der Waals surface area contributed by atoms with Crippen LogP contribution in [-0.4, -0.2) is 71.6 Å². The molecule has 1 unspecified atom stereocenters. The Hall–Kier alpha value is -1.14. The molecule has 1 aliphatic heterocycles. The number of carboxylic acids is 1. The van der Waals surface area contributed by atoms with Crippen LogP contribution in [0.1, 0.15) is 39.0 Å². The number of carbonyl (C=O) groups excluding carboxylic acids is 1. The minimum absolute atomic E-state index is 0.0905. The molecule has 1 amide bonds. The van der Waals surface area contributed by atoms with Crippen molar-refractivity contribution in [2.75, 3.05) is 32.7 Å². The smallest absolute Gasteiger partial charge is 0.304 e. The van der Waals surface area contributed by atoms with Crippen LogP contribution in [0.25, 0.3) is 0 Å². The fourth-order valence-electron chi connectivity index (χ4n) is 3.19. The van der Waals surface area contributed by atoms with Crippen molar-refractivity contribution in [3.05, 3.63) is 0 Å². The molecular formula is C15H27N3O3. The van der Waals surface area contributed by atoms with E-state index in [1.807, 2.05) is 6.92 Å². The van der Waals surface area contributed by atoms with Gasteiger partial charge >= 0.3 is 5.97 Å². The first kappa shape index (κ1) is 16.2. The second-order valence-electron chi connectivity index (χ2n) is 6.19. The van der Waals surface area contributed by atoms with E-state index >= 15 is 0 Å². The van der Waals surface area contributed by atoms with Gasteiger partial charge in [0.2, 0.25) is 5.91 Å². The molecule has 2 rings (SSSR count). The molecule has 2 N–H and O–H groups in total.